The van der Waals surface area contributed by atoms with Crippen LogP contribution in [0.15, 0.2) is 48.5 Å². The van der Waals surface area contributed by atoms with Crippen LogP contribution in [0, 0.1) is 6.92 Å². The number of methoxy groups -OCH3 is 1. The second-order valence-corrected chi connectivity index (χ2v) is 11.9. The number of nitrogens with one attached hydrogen (secondary N) is 1. The fourth-order valence-corrected chi connectivity index (χ4v) is 5.87. The van der Waals surface area contributed by atoms with E-state index in [1.165, 1.54) is 13.5 Å². The highest BCUT2D eigenvalue weighted by atomic mass is 32.2. The number of amides is 2. The summed E-state index contributed by atoms with van der Waals surface area (Å²) in [6.07, 6.45) is 7.26. The summed E-state index contributed by atoms with van der Waals surface area (Å²) >= 11 is 0. The van der Waals surface area contributed by atoms with E-state index in [4.69, 9.17) is 4.74 Å². The summed E-state index contributed by atoms with van der Waals surface area (Å²) in [7, 11) is -2.37. The van der Waals surface area contributed by atoms with Crippen LogP contribution in [0.2, 0.25) is 0 Å². The van der Waals surface area contributed by atoms with E-state index < -0.39 is 28.5 Å². The van der Waals surface area contributed by atoms with E-state index >= 15 is 0 Å². The number of hydrogen-bond acceptors (Lipinski definition) is 5. The summed E-state index contributed by atoms with van der Waals surface area (Å²) in [5.41, 5.74) is 2.17. The van der Waals surface area contributed by atoms with Gasteiger partial charge in [0.15, 0.2) is 0 Å². The first-order valence-electron chi connectivity index (χ1n) is 13.4. The number of benzene rings is 2. The van der Waals surface area contributed by atoms with Gasteiger partial charge in [0.2, 0.25) is 21.8 Å². The maximum atomic E-state index is 13.9. The van der Waals surface area contributed by atoms with E-state index in [9.17, 15) is 18.0 Å². The Bertz CT molecular complexity index is 1180. The van der Waals surface area contributed by atoms with Crippen molar-refractivity contribution in [2.45, 2.75) is 70.9 Å². The molecule has 208 valence electrons. The molecule has 1 aliphatic rings. The Labute approximate surface area is 227 Å². The van der Waals surface area contributed by atoms with Gasteiger partial charge in [0.05, 0.1) is 19.1 Å². The zero-order valence-electron chi connectivity index (χ0n) is 23.0. The number of aryl methyl sites for hydroxylation is 1. The maximum Gasteiger partial charge on any atom is 0.244 e. The summed E-state index contributed by atoms with van der Waals surface area (Å²) in [6.45, 7) is 3.59. The van der Waals surface area contributed by atoms with Gasteiger partial charge in [-0.2, -0.15) is 0 Å². The first kappa shape index (κ1) is 29.5. The Balaban J connectivity index is 1.91. The molecule has 0 bridgehead atoms. The quantitative estimate of drug-likeness (QED) is 0.435. The highest BCUT2D eigenvalue weighted by Crippen LogP contribution is 2.31. The van der Waals surface area contributed by atoms with Crippen molar-refractivity contribution >= 4 is 27.5 Å². The number of nitrogens with zero attached hydrogens (tertiary/aromatic N) is 2. The summed E-state index contributed by atoms with van der Waals surface area (Å²) < 4.78 is 32.3. The van der Waals surface area contributed by atoms with E-state index in [0.29, 0.717) is 30.8 Å². The first-order chi connectivity index (χ1) is 18.1. The van der Waals surface area contributed by atoms with Gasteiger partial charge in [0.25, 0.3) is 0 Å². The number of rotatable bonds is 12. The Morgan fingerprint density at radius 3 is 2.37 bits per heavy atom. The molecule has 38 heavy (non-hydrogen) atoms. The van der Waals surface area contributed by atoms with E-state index in [0.717, 1.165) is 47.4 Å². The number of sulfonamides is 1. The van der Waals surface area contributed by atoms with Crippen LogP contribution >= 0.6 is 0 Å². The topological polar surface area (TPSA) is 96.0 Å². The van der Waals surface area contributed by atoms with Crippen LogP contribution in [-0.4, -0.2) is 63.7 Å². The van der Waals surface area contributed by atoms with Crippen LogP contribution < -0.4 is 14.4 Å². The smallest absolute Gasteiger partial charge is 0.244 e. The van der Waals surface area contributed by atoms with Crippen LogP contribution in [0.4, 0.5) is 5.69 Å². The van der Waals surface area contributed by atoms with Gasteiger partial charge in [0, 0.05) is 12.6 Å². The van der Waals surface area contributed by atoms with Gasteiger partial charge in [-0.25, -0.2) is 8.42 Å². The van der Waals surface area contributed by atoms with Gasteiger partial charge in [-0.15, -0.1) is 0 Å². The molecular weight excluding hydrogens is 502 g/mol. The van der Waals surface area contributed by atoms with E-state index in [1.807, 2.05) is 50.2 Å². The van der Waals surface area contributed by atoms with Crippen molar-refractivity contribution in [3.8, 4) is 5.75 Å². The molecule has 2 aromatic rings. The van der Waals surface area contributed by atoms with Crippen LogP contribution in [0.1, 0.15) is 56.6 Å². The molecule has 0 aromatic heterocycles. The third-order valence-electron chi connectivity index (χ3n) is 7.10. The Morgan fingerprint density at radius 1 is 1.08 bits per heavy atom. The highest BCUT2D eigenvalue weighted by Gasteiger charge is 2.33. The van der Waals surface area contributed by atoms with Crippen LogP contribution in [-0.2, 0) is 26.0 Å². The van der Waals surface area contributed by atoms with Crippen molar-refractivity contribution in [2.24, 2.45) is 0 Å². The summed E-state index contributed by atoms with van der Waals surface area (Å²) in [6, 6.07) is 14.4. The minimum atomic E-state index is -3.83. The molecule has 0 aliphatic heterocycles. The molecule has 2 amide bonds. The van der Waals surface area contributed by atoms with Crippen molar-refractivity contribution in [1.29, 1.82) is 0 Å². The SMILES string of the molecule is CCC(C(=O)NC1CCCCC1)N(CCc1ccccc1)C(=O)CN(c1cc(C)ccc1OC)S(C)(=O)=O. The molecule has 1 atom stereocenters. The van der Waals surface area contributed by atoms with Gasteiger partial charge in [-0.3, -0.25) is 13.9 Å². The minimum Gasteiger partial charge on any atom is -0.495 e. The molecule has 0 spiro atoms. The second kappa shape index (κ2) is 13.6. The van der Waals surface area contributed by atoms with Gasteiger partial charge >= 0.3 is 0 Å². The van der Waals surface area contributed by atoms with Gasteiger partial charge in [0.1, 0.15) is 18.3 Å². The standard InChI is InChI=1S/C29H41N3O5S/c1-5-25(29(34)30-24-14-10-7-11-15-24)31(19-18-23-12-8-6-9-13-23)28(33)21-32(38(4,35)36)26-20-22(2)16-17-27(26)37-3/h6,8-9,12-13,16-17,20,24-25H,5,7,10-11,14-15,18-19,21H2,1-4H3,(H,30,34). The molecule has 1 aliphatic carbocycles. The normalized spacial score (nSPS) is 14.9. The lowest BCUT2D eigenvalue weighted by molar-refractivity contribution is -0.140. The fraction of sp³-hybridized carbons (Fsp3) is 0.517. The Kier molecular flexibility index (Phi) is 10.6. The number of ether oxygens (including phenoxy) is 1. The molecule has 1 fully saturated rings. The third-order valence-corrected chi connectivity index (χ3v) is 8.23. The number of anilines is 1. The lowest BCUT2D eigenvalue weighted by atomic mass is 9.95. The largest absolute Gasteiger partial charge is 0.495 e. The molecule has 1 saturated carbocycles. The van der Waals surface area contributed by atoms with Gasteiger partial charge < -0.3 is 15.0 Å². The molecule has 0 heterocycles. The molecule has 1 N–H and O–H groups in total. The summed E-state index contributed by atoms with van der Waals surface area (Å²) in [5, 5.41) is 3.16. The number of carbonyl (C=O) groups is 2. The average molecular weight is 544 g/mol. The highest BCUT2D eigenvalue weighted by molar-refractivity contribution is 7.92. The van der Waals surface area contributed by atoms with Crippen molar-refractivity contribution in [2.75, 3.05) is 30.8 Å². The number of hydrogen-bond donors (Lipinski definition) is 1. The van der Waals surface area contributed by atoms with Crippen molar-refractivity contribution in [1.82, 2.24) is 10.2 Å². The molecule has 1 unspecified atom stereocenters. The molecule has 0 saturated heterocycles. The van der Waals surface area contributed by atoms with Crippen molar-refractivity contribution in [3.63, 3.8) is 0 Å². The minimum absolute atomic E-state index is 0.112. The van der Waals surface area contributed by atoms with Crippen LogP contribution in [0.5, 0.6) is 5.75 Å². The predicted octanol–water partition coefficient (Wildman–Crippen LogP) is 4.07. The Hall–Kier alpha value is -3.07. The molecule has 2 aromatic carbocycles. The third kappa shape index (κ3) is 7.96. The van der Waals surface area contributed by atoms with Crippen LogP contribution in [0.3, 0.4) is 0 Å². The first-order valence-corrected chi connectivity index (χ1v) is 15.2. The fourth-order valence-electron chi connectivity index (χ4n) is 5.03. The van der Waals surface area contributed by atoms with Gasteiger partial charge in [-0.1, -0.05) is 62.6 Å². The predicted molar refractivity (Wildman–Crippen MR) is 151 cm³/mol. The lowest BCUT2D eigenvalue weighted by Gasteiger charge is -2.34. The molecule has 3 rings (SSSR count). The molecular formula is C29H41N3O5S. The van der Waals surface area contributed by atoms with E-state index in [-0.39, 0.29) is 11.9 Å². The lowest BCUT2D eigenvalue weighted by Crippen LogP contribution is -2.54. The monoisotopic (exact) mass is 543 g/mol. The number of carbonyl (C=O) groups excluding carboxylic acids is 2. The van der Waals surface area contributed by atoms with E-state index in [1.54, 1.807) is 17.0 Å². The second-order valence-electron chi connectivity index (χ2n) is 10.0. The zero-order valence-corrected chi connectivity index (χ0v) is 23.8. The van der Waals surface area contributed by atoms with Crippen molar-refractivity contribution < 1.29 is 22.7 Å². The maximum absolute atomic E-state index is 13.9. The summed E-state index contributed by atoms with van der Waals surface area (Å²) in [4.78, 5) is 28.9. The van der Waals surface area contributed by atoms with Crippen molar-refractivity contribution in [3.05, 3.63) is 59.7 Å². The van der Waals surface area contributed by atoms with Gasteiger partial charge in [-0.05, 0) is 55.9 Å². The van der Waals surface area contributed by atoms with E-state index in [2.05, 4.69) is 5.32 Å². The Morgan fingerprint density at radius 2 is 1.76 bits per heavy atom. The zero-order chi connectivity index (χ0) is 27.7. The summed E-state index contributed by atoms with van der Waals surface area (Å²) in [5.74, 6) is -0.257. The molecule has 8 nitrogen and oxygen atoms in total. The average Bonchev–Trinajstić information content (AvgIpc) is 2.90. The molecule has 0 radical (unpaired) electrons. The van der Waals surface area contributed by atoms with Crippen LogP contribution in [0.25, 0.3) is 0 Å². The molecule has 9 heteroatoms.